The van der Waals surface area contributed by atoms with E-state index in [-0.39, 0.29) is 0 Å². The van der Waals surface area contributed by atoms with Gasteiger partial charge >= 0.3 is 0 Å². The maximum Gasteiger partial charge on any atom is 0.206 e. The number of hydrogen-bond donors (Lipinski definition) is 1. The van der Waals surface area contributed by atoms with Crippen LogP contribution in [-0.2, 0) is 0 Å². The van der Waals surface area contributed by atoms with Crippen molar-refractivity contribution in [2.75, 3.05) is 6.54 Å². The van der Waals surface area contributed by atoms with Crippen LogP contribution in [0.4, 0.5) is 0 Å². The predicted octanol–water partition coefficient (Wildman–Crippen LogP) is 2.18. The minimum absolute atomic E-state index is 0.822. The largest absolute Gasteiger partial charge is 0.331 e. The van der Waals surface area contributed by atoms with Crippen LogP contribution in [0.5, 0.6) is 0 Å². The van der Waals surface area contributed by atoms with Gasteiger partial charge in [-0.1, -0.05) is 74.0 Å². The molecule has 2 aromatic rings. The molecule has 0 saturated carbocycles. The van der Waals surface area contributed by atoms with Crippen molar-refractivity contribution < 1.29 is 0 Å². The highest BCUT2D eigenvalue weighted by atomic mass is 28.3. The van der Waals surface area contributed by atoms with E-state index in [1.165, 1.54) is 23.2 Å². The molecule has 2 aromatic carbocycles. The van der Waals surface area contributed by atoms with Crippen molar-refractivity contribution >= 4 is 19.3 Å². The van der Waals surface area contributed by atoms with Crippen molar-refractivity contribution in [3.63, 3.8) is 0 Å². The molecule has 0 aliphatic heterocycles. The Kier molecular flexibility index (Phi) is 5.18. The lowest BCUT2D eigenvalue weighted by atomic mass is 10.3. The standard InChI is InChI=1S/C16H20NSi/c1-2-3-14-17-18(15-10-6-4-7-11-15)16-12-8-5-9-13-16/h4-13,17H,2-3,14H2,1H3. The molecule has 2 rings (SSSR count). The molecule has 93 valence electrons. The van der Waals surface area contributed by atoms with Gasteiger partial charge in [0.1, 0.15) is 0 Å². The van der Waals surface area contributed by atoms with E-state index in [0.29, 0.717) is 0 Å². The van der Waals surface area contributed by atoms with Gasteiger partial charge in [0.05, 0.1) is 0 Å². The van der Waals surface area contributed by atoms with Crippen LogP contribution in [0, 0.1) is 0 Å². The molecule has 0 bridgehead atoms. The van der Waals surface area contributed by atoms with Crippen LogP contribution in [0.2, 0.25) is 0 Å². The highest BCUT2D eigenvalue weighted by Crippen LogP contribution is 1.92. The molecule has 1 radical (unpaired) electrons. The van der Waals surface area contributed by atoms with E-state index < -0.39 is 8.96 Å². The number of benzene rings is 2. The van der Waals surface area contributed by atoms with Crippen LogP contribution in [0.3, 0.4) is 0 Å². The zero-order chi connectivity index (χ0) is 12.6. The first-order valence-electron chi connectivity index (χ1n) is 6.63. The molecule has 0 saturated heterocycles. The summed E-state index contributed by atoms with van der Waals surface area (Å²) in [6, 6.07) is 21.6. The average Bonchev–Trinajstić information content (AvgIpc) is 2.46. The van der Waals surface area contributed by atoms with Crippen LogP contribution in [0.15, 0.2) is 60.7 Å². The minimum Gasteiger partial charge on any atom is -0.331 e. The second-order valence-corrected chi connectivity index (χ2v) is 6.65. The van der Waals surface area contributed by atoms with Gasteiger partial charge in [-0.3, -0.25) is 0 Å². The van der Waals surface area contributed by atoms with Gasteiger partial charge < -0.3 is 4.98 Å². The zero-order valence-electron chi connectivity index (χ0n) is 10.9. The molecule has 0 aliphatic carbocycles. The summed E-state index contributed by atoms with van der Waals surface area (Å²) in [4.78, 5) is 3.76. The van der Waals surface area contributed by atoms with E-state index in [2.05, 4.69) is 72.6 Å². The number of unbranched alkanes of at least 4 members (excludes halogenated alkanes) is 1. The van der Waals surface area contributed by atoms with Crippen molar-refractivity contribution in [1.29, 1.82) is 0 Å². The molecule has 0 amide bonds. The van der Waals surface area contributed by atoms with Gasteiger partial charge in [-0.25, -0.2) is 0 Å². The second kappa shape index (κ2) is 7.14. The molecule has 1 N–H and O–H groups in total. The lowest BCUT2D eigenvalue weighted by Crippen LogP contribution is -2.54. The van der Waals surface area contributed by atoms with E-state index in [0.717, 1.165) is 6.54 Å². The quantitative estimate of drug-likeness (QED) is 0.615. The van der Waals surface area contributed by atoms with Gasteiger partial charge in [-0.15, -0.1) is 0 Å². The van der Waals surface area contributed by atoms with E-state index in [9.17, 15) is 0 Å². The summed E-state index contributed by atoms with van der Waals surface area (Å²) in [6.07, 6.45) is 2.49. The first-order chi connectivity index (χ1) is 8.92. The average molecular weight is 254 g/mol. The fraction of sp³-hybridized carbons (Fsp3) is 0.250. The van der Waals surface area contributed by atoms with Gasteiger partial charge in [0.2, 0.25) is 8.96 Å². The van der Waals surface area contributed by atoms with Crippen LogP contribution >= 0.6 is 0 Å². The Labute approximate surface area is 112 Å². The molecule has 18 heavy (non-hydrogen) atoms. The molecule has 2 heteroatoms. The summed E-state index contributed by atoms with van der Waals surface area (Å²) in [7, 11) is -0.822. The lowest BCUT2D eigenvalue weighted by molar-refractivity contribution is 0.765. The van der Waals surface area contributed by atoms with Gasteiger partial charge in [-0.2, -0.15) is 0 Å². The maximum absolute atomic E-state index is 3.76. The topological polar surface area (TPSA) is 12.0 Å². The van der Waals surface area contributed by atoms with E-state index in [4.69, 9.17) is 0 Å². The molecular weight excluding hydrogens is 234 g/mol. The Bertz CT molecular complexity index is 402. The van der Waals surface area contributed by atoms with Crippen molar-refractivity contribution in [1.82, 2.24) is 4.98 Å². The molecule has 1 nitrogen and oxygen atoms in total. The third-order valence-corrected chi connectivity index (χ3v) is 5.38. The summed E-state index contributed by atoms with van der Waals surface area (Å²) >= 11 is 0. The summed E-state index contributed by atoms with van der Waals surface area (Å²) < 4.78 is 0. The van der Waals surface area contributed by atoms with E-state index in [1.807, 2.05) is 0 Å². The van der Waals surface area contributed by atoms with Gasteiger partial charge in [0.25, 0.3) is 0 Å². The summed E-state index contributed by atoms with van der Waals surface area (Å²) in [5.74, 6) is 0. The second-order valence-electron chi connectivity index (χ2n) is 4.39. The first-order valence-corrected chi connectivity index (χ1v) is 8.13. The third-order valence-electron chi connectivity index (χ3n) is 2.96. The molecule has 0 unspecified atom stereocenters. The predicted molar refractivity (Wildman–Crippen MR) is 80.8 cm³/mol. The van der Waals surface area contributed by atoms with E-state index in [1.54, 1.807) is 0 Å². The third kappa shape index (κ3) is 3.55. The Morgan fingerprint density at radius 1 is 0.833 bits per heavy atom. The van der Waals surface area contributed by atoms with Gasteiger partial charge in [0.15, 0.2) is 0 Å². The van der Waals surface area contributed by atoms with E-state index >= 15 is 0 Å². The SMILES string of the molecule is CCCCN[Si](c1ccccc1)c1ccccc1. The smallest absolute Gasteiger partial charge is 0.206 e. The fourth-order valence-electron chi connectivity index (χ4n) is 1.97. The zero-order valence-corrected chi connectivity index (χ0v) is 11.9. The van der Waals surface area contributed by atoms with Crippen LogP contribution in [-0.4, -0.2) is 15.5 Å². The molecular formula is C16H20NSi. The van der Waals surface area contributed by atoms with Crippen molar-refractivity contribution in [2.45, 2.75) is 19.8 Å². The molecule has 0 heterocycles. The van der Waals surface area contributed by atoms with Crippen LogP contribution in [0.1, 0.15) is 19.8 Å². The molecule has 0 aromatic heterocycles. The fourth-order valence-corrected chi connectivity index (χ4v) is 4.19. The normalized spacial score (nSPS) is 10.8. The molecule has 0 aliphatic rings. The highest BCUT2D eigenvalue weighted by molar-refractivity contribution is 6.83. The summed E-state index contributed by atoms with van der Waals surface area (Å²) in [6.45, 7) is 3.34. The number of nitrogens with one attached hydrogen (secondary N) is 1. The van der Waals surface area contributed by atoms with Gasteiger partial charge in [0, 0.05) is 0 Å². The molecule has 0 spiro atoms. The maximum atomic E-state index is 3.76. The summed E-state index contributed by atoms with van der Waals surface area (Å²) in [5, 5.41) is 2.87. The minimum atomic E-state index is -0.822. The van der Waals surface area contributed by atoms with Crippen LogP contribution < -0.4 is 15.4 Å². The Morgan fingerprint density at radius 2 is 1.33 bits per heavy atom. The number of rotatable bonds is 6. The van der Waals surface area contributed by atoms with Crippen molar-refractivity contribution in [2.24, 2.45) is 0 Å². The lowest BCUT2D eigenvalue weighted by Gasteiger charge is -2.17. The Balaban J connectivity index is 2.18. The highest BCUT2D eigenvalue weighted by Gasteiger charge is 2.15. The Morgan fingerprint density at radius 3 is 1.78 bits per heavy atom. The van der Waals surface area contributed by atoms with Gasteiger partial charge in [-0.05, 0) is 23.3 Å². The molecule has 0 atom stereocenters. The monoisotopic (exact) mass is 254 g/mol. The number of hydrogen-bond acceptors (Lipinski definition) is 1. The summed E-state index contributed by atoms with van der Waals surface area (Å²) in [5.41, 5.74) is 0. The first kappa shape index (κ1) is 13.1. The van der Waals surface area contributed by atoms with Crippen LogP contribution in [0.25, 0.3) is 0 Å². The van der Waals surface area contributed by atoms with Crippen molar-refractivity contribution in [3.05, 3.63) is 60.7 Å². The Hall–Kier alpha value is -1.38. The van der Waals surface area contributed by atoms with Crippen molar-refractivity contribution in [3.8, 4) is 0 Å². The molecule has 0 fully saturated rings.